The normalized spacial score (nSPS) is 10.5. The lowest BCUT2D eigenvalue weighted by atomic mass is 10.0. The van der Waals surface area contributed by atoms with Crippen LogP contribution in [-0.4, -0.2) is 23.9 Å². The number of anilines is 1. The maximum atomic E-state index is 13.1. The molecule has 0 radical (unpaired) electrons. The Hall–Kier alpha value is -4.19. The Bertz CT molecular complexity index is 1240. The van der Waals surface area contributed by atoms with Crippen LogP contribution in [-0.2, 0) is 6.54 Å². The van der Waals surface area contributed by atoms with Crippen LogP contribution in [0.2, 0.25) is 0 Å². The molecule has 0 atom stereocenters. The molecule has 0 spiro atoms. The number of hydrogen-bond donors (Lipinski definition) is 2. The van der Waals surface area contributed by atoms with Gasteiger partial charge in [-0.05, 0) is 46.7 Å². The molecule has 6 heteroatoms. The van der Waals surface area contributed by atoms with Crippen molar-refractivity contribution < 1.29 is 14.3 Å². The number of carbonyl (C=O) groups is 2. The van der Waals surface area contributed by atoms with Gasteiger partial charge in [0.05, 0.1) is 23.9 Å². The Morgan fingerprint density at radius 2 is 1.61 bits per heavy atom. The van der Waals surface area contributed by atoms with Gasteiger partial charge in [0.1, 0.15) is 5.75 Å². The van der Waals surface area contributed by atoms with Gasteiger partial charge in [0.2, 0.25) is 0 Å². The van der Waals surface area contributed by atoms with E-state index in [0.29, 0.717) is 29.1 Å². The zero-order valence-corrected chi connectivity index (χ0v) is 17.0. The quantitative estimate of drug-likeness (QED) is 0.492. The van der Waals surface area contributed by atoms with Gasteiger partial charge in [0.25, 0.3) is 11.8 Å². The molecule has 0 saturated carbocycles. The first-order chi connectivity index (χ1) is 15.2. The first-order valence-electron chi connectivity index (χ1n) is 9.80. The molecule has 0 saturated heterocycles. The van der Waals surface area contributed by atoms with Crippen LogP contribution in [0.15, 0.2) is 85.2 Å². The molecule has 3 aromatic carbocycles. The largest absolute Gasteiger partial charge is 0.496 e. The van der Waals surface area contributed by atoms with E-state index in [2.05, 4.69) is 15.6 Å². The number of carbonyl (C=O) groups excluding carboxylic acids is 2. The minimum atomic E-state index is -0.352. The minimum Gasteiger partial charge on any atom is -0.496 e. The summed E-state index contributed by atoms with van der Waals surface area (Å²) in [7, 11) is 1.53. The van der Waals surface area contributed by atoms with Gasteiger partial charge >= 0.3 is 0 Å². The lowest BCUT2D eigenvalue weighted by Crippen LogP contribution is -2.25. The number of nitrogens with zero attached hydrogens (tertiary/aromatic N) is 1. The Morgan fingerprint density at radius 1 is 0.871 bits per heavy atom. The number of benzene rings is 3. The summed E-state index contributed by atoms with van der Waals surface area (Å²) in [6.45, 7) is 0.341. The first kappa shape index (κ1) is 20.1. The van der Waals surface area contributed by atoms with E-state index in [1.54, 1.807) is 42.7 Å². The van der Waals surface area contributed by atoms with Crippen molar-refractivity contribution in [1.29, 1.82) is 0 Å². The van der Waals surface area contributed by atoms with Crippen molar-refractivity contribution in [2.45, 2.75) is 6.54 Å². The van der Waals surface area contributed by atoms with E-state index in [1.165, 1.54) is 7.11 Å². The zero-order chi connectivity index (χ0) is 21.6. The molecule has 4 rings (SSSR count). The lowest BCUT2D eigenvalue weighted by Gasteiger charge is -2.14. The summed E-state index contributed by atoms with van der Waals surface area (Å²) >= 11 is 0. The van der Waals surface area contributed by atoms with Gasteiger partial charge in [-0.2, -0.15) is 0 Å². The molecule has 1 heterocycles. The molecule has 4 aromatic rings. The number of methoxy groups -OCH3 is 1. The molecule has 0 unspecified atom stereocenters. The van der Waals surface area contributed by atoms with Crippen LogP contribution in [0.4, 0.5) is 5.69 Å². The summed E-state index contributed by atoms with van der Waals surface area (Å²) in [6.07, 6.45) is 3.37. The topological polar surface area (TPSA) is 80.3 Å². The highest BCUT2D eigenvalue weighted by atomic mass is 16.5. The van der Waals surface area contributed by atoms with E-state index in [9.17, 15) is 9.59 Å². The number of para-hydroxylation sites is 1. The highest BCUT2D eigenvalue weighted by Crippen LogP contribution is 2.27. The van der Waals surface area contributed by atoms with E-state index in [4.69, 9.17) is 4.74 Å². The van der Waals surface area contributed by atoms with Gasteiger partial charge in [0, 0.05) is 18.9 Å². The number of amides is 2. The smallest absolute Gasteiger partial charge is 0.259 e. The van der Waals surface area contributed by atoms with E-state index in [-0.39, 0.29) is 11.8 Å². The standard InChI is InChI=1S/C25H21N3O3/c1-31-23-14-19-9-3-2-8-18(19)13-21(23)25(30)28-22-11-5-4-10-20(22)24(29)27-16-17-7-6-12-26-15-17/h2-15H,16H2,1H3,(H,27,29)(H,28,30). The zero-order valence-electron chi connectivity index (χ0n) is 17.0. The van der Waals surface area contributed by atoms with Crippen molar-refractivity contribution in [1.82, 2.24) is 10.3 Å². The van der Waals surface area contributed by atoms with Gasteiger partial charge < -0.3 is 15.4 Å². The van der Waals surface area contributed by atoms with Crippen LogP contribution < -0.4 is 15.4 Å². The third-order valence-electron chi connectivity index (χ3n) is 4.91. The molecular formula is C25H21N3O3. The summed E-state index contributed by atoms with van der Waals surface area (Å²) in [5.74, 6) is -0.171. The van der Waals surface area contributed by atoms with E-state index in [1.807, 2.05) is 42.5 Å². The molecule has 2 amide bonds. The van der Waals surface area contributed by atoms with Crippen LogP contribution in [0.25, 0.3) is 10.8 Å². The molecule has 6 nitrogen and oxygen atoms in total. The number of hydrogen-bond acceptors (Lipinski definition) is 4. The van der Waals surface area contributed by atoms with E-state index < -0.39 is 0 Å². The molecule has 2 N–H and O–H groups in total. The molecule has 0 fully saturated rings. The second kappa shape index (κ2) is 9.09. The number of pyridine rings is 1. The molecule has 31 heavy (non-hydrogen) atoms. The van der Waals surface area contributed by atoms with Crippen LogP contribution in [0.1, 0.15) is 26.3 Å². The third kappa shape index (κ3) is 4.53. The number of nitrogens with one attached hydrogen (secondary N) is 2. The summed E-state index contributed by atoms with van der Waals surface area (Å²) in [6, 6.07) is 21.9. The second-order valence-corrected chi connectivity index (χ2v) is 6.94. The van der Waals surface area contributed by atoms with E-state index in [0.717, 1.165) is 16.3 Å². The SMILES string of the molecule is COc1cc2ccccc2cc1C(=O)Nc1ccccc1C(=O)NCc1cccnc1. The summed E-state index contributed by atoms with van der Waals surface area (Å²) in [5.41, 5.74) is 2.08. The third-order valence-corrected chi connectivity index (χ3v) is 4.91. The summed E-state index contributed by atoms with van der Waals surface area (Å²) in [4.78, 5) is 29.9. The maximum absolute atomic E-state index is 13.1. The molecule has 0 aliphatic carbocycles. The number of rotatable bonds is 6. The van der Waals surface area contributed by atoms with Crippen LogP contribution >= 0.6 is 0 Å². The van der Waals surface area contributed by atoms with Crippen molar-refractivity contribution >= 4 is 28.3 Å². The van der Waals surface area contributed by atoms with Gasteiger partial charge in [0.15, 0.2) is 0 Å². The summed E-state index contributed by atoms with van der Waals surface area (Å²) < 4.78 is 5.43. The molecule has 1 aromatic heterocycles. The Balaban J connectivity index is 1.57. The molecule has 154 valence electrons. The van der Waals surface area contributed by atoms with Crippen LogP contribution in [0, 0.1) is 0 Å². The van der Waals surface area contributed by atoms with Gasteiger partial charge in [-0.25, -0.2) is 0 Å². The van der Waals surface area contributed by atoms with Crippen molar-refractivity contribution in [2.24, 2.45) is 0 Å². The molecule has 0 aliphatic heterocycles. The van der Waals surface area contributed by atoms with Gasteiger partial charge in [-0.15, -0.1) is 0 Å². The Labute approximate surface area is 179 Å². The molecule has 0 bridgehead atoms. The van der Waals surface area contributed by atoms with Crippen molar-refractivity contribution in [3.8, 4) is 5.75 Å². The average Bonchev–Trinajstić information content (AvgIpc) is 2.82. The molecular weight excluding hydrogens is 390 g/mol. The average molecular weight is 411 g/mol. The maximum Gasteiger partial charge on any atom is 0.259 e. The van der Waals surface area contributed by atoms with Gasteiger partial charge in [-0.3, -0.25) is 14.6 Å². The van der Waals surface area contributed by atoms with Gasteiger partial charge in [-0.1, -0.05) is 42.5 Å². The predicted molar refractivity (Wildman–Crippen MR) is 120 cm³/mol. The monoisotopic (exact) mass is 411 g/mol. The second-order valence-electron chi connectivity index (χ2n) is 6.94. The Morgan fingerprint density at radius 3 is 2.35 bits per heavy atom. The summed E-state index contributed by atoms with van der Waals surface area (Å²) in [5, 5.41) is 7.62. The predicted octanol–water partition coefficient (Wildman–Crippen LogP) is 4.43. The fraction of sp³-hybridized carbons (Fsp3) is 0.0800. The lowest BCUT2D eigenvalue weighted by molar-refractivity contribution is 0.0951. The van der Waals surface area contributed by atoms with E-state index >= 15 is 0 Å². The van der Waals surface area contributed by atoms with Crippen LogP contribution in [0.5, 0.6) is 5.75 Å². The Kier molecular flexibility index (Phi) is 5.89. The number of aromatic nitrogens is 1. The highest BCUT2D eigenvalue weighted by molar-refractivity contribution is 6.11. The van der Waals surface area contributed by atoms with Crippen molar-refractivity contribution in [3.63, 3.8) is 0 Å². The number of ether oxygens (including phenoxy) is 1. The molecule has 0 aliphatic rings. The van der Waals surface area contributed by atoms with Crippen molar-refractivity contribution in [2.75, 3.05) is 12.4 Å². The van der Waals surface area contributed by atoms with Crippen molar-refractivity contribution in [3.05, 3.63) is 102 Å². The minimum absolute atomic E-state index is 0.287. The first-order valence-corrected chi connectivity index (χ1v) is 9.80. The fourth-order valence-electron chi connectivity index (χ4n) is 3.33. The fourth-order valence-corrected chi connectivity index (χ4v) is 3.33. The highest BCUT2D eigenvalue weighted by Gasteiger charge is 2.17. The van der Waals surface area contributed by atoms with Crippen LogP contribution in [0.3, 0.4) is 0 Å². The number of fused-ring (bicyclic) bond motifs is 1.